The molecule has 0 aliphatic carbocycles. The van der Waals surface area contributed by atoms with Crippen LogP contribution in [-0.4, -0.2) is 28.0 Å². The van der Waals surface area contributed by atoms with E-state index in [1.54, 1.807) is 6.33 Å². The molecule has 0 aliphatic rings. The first-order valence-corrected chi connectivity index (χ1v) is 9.54. The van der Waals surface area contributed by atoms with E-state index in [2.05, 4.69) is 15.6 Å². The number of nitrogens with zero attached hydrogens (tertiary/aromatic N) is 2. The average molecular weight is 391 g/mol. The van der Waals surface area contributed by atoms with E-state index in [1.165, 1.54) is 0 Å². The Morgan fingerprint density at radius 3 is 2.55 bits per heavy atom. The fourth-order valence-corrected chi connectivity index (χ4v) is 3.17. The lowest BCUT2D eigenvalue weighted by atomic mass is 10.1. The van der Waals surface area contributed by atoms with Gasteiger partial charge in [-0.25, -0.2) is 9.78 Å². The van der Waals surface area contributed by atoms with Gasteiger partial charge < -0.3 is 20.9 Å². The van der Waals surface area contributed by atoms with Gasteiger partial charge in [-0.15, -0.1) is 0 Å². The number of imidazole rings is 1. The maximum atomic E-state index is 11.7. The standard InChI is InChI=1S/C22H25N5O2/c1-2-24-22(29)26-18-10-6-9-17(11-18)14-27-15-25-19(20(27)13-21(23)28)12-16-7-4-3-5-8-16/h3-11,15H,2,12-14H2,1H3,(H2,23,28)(H2,24,26,29). The number of carbonyl (C=O) groups is 2. The van der Waals surface area contributed by atoms with E-state index in [9.17, 15) is 9.59 Å². The molecule has 0 spiro atoms. The second-order valence-corrected chi connectivity index (χ2v) is 6.76. The minimum absolute atomic E-state index is 0.124. The molecule has 7 nitrogen and oxygen atoms in total. The summed E-state index contributed by atoms with van der Waals surface area (Å²) in [6.07, 6.45) is 2.49. The quantitative estimate of drug-likeness (QED) is 0.550. The van der Waals surface area contributed by atoms with Gasteiger partial charge in [0.25, 0.3) is 0 Å². The Morgan fingerprint density at radius 1 is 1.07 bits per heavy atom. The molecule has 0 fully saturated rings. The number of amides is 3. The van der Waals surface area contributed by atoms with Crippen LogP contribution in [0.5, 0.6) is 0 Å². The van der Waals surface area contributed by atoms with Gasteiger partial charge in [0.15, 0.2) is 0 Å². The summed E-state index contributed by atoms with van der Waals surface area (Å²) < 4.78 is 1.94. The lowest BCUT2D eigenvalue weighted by Gasteiger charge is -2.11. The second kappa shape index (κ2) is 9.54. The summed E-state index contributed by atoms with van der Waals surface area (Å²) >= 11 is 0. The predicted molar refractivity (Wildman–Crippen MR) is 113 cm³/mol. The van der Waals surface area contributed by atoms with E-state index in [-0.39, 0.29) is 12.5 Å². The first-order valence-electron chi connectivity index (χ1n) is 9.54. The zero-order valence-electron chi connectivity index (χ0n) is 16.4. The Morgan fingerprint density at radius 2 is 1.83 bits per heavy atom. The van der Waals surface area contributed by atoms with Crippen molar-refractivity contribution in [2.45, 2.75) is 26.3 Å². The van der Waals surface area contributed by atoms with Crippen molar-refractivity contribution in [2.24, 2.45) is 5.73 Å². The van der Waals surface area contributed by atoms with Crippen molar-refractivity contribution in [2.75, 3.05) is 11.9 Å². The molecule has 0 saturated heterocycles. The highest BCUT2D eigenvalue weighted by atomic mass is 16.2. The molecule has 7 heteroatoms. The number of primary amides is 1. The predicted octanol–water partition coefficient (Wildman–Crippen LogP) is 2.69. The second-order valence-electron chi connectivity index (χ2n) is 6.76. The van der Waals surface area contributed by atoms with Crippen LogP contribution in [0.15, 0.2) is 60.9 Å². The van der Waals surface area contributed by atoms with E-state index in [0.717, 1.165) is 22.5 Å². The smallest absolute Gasteiger partial charge is 0.319 e. The van der Waals surface area contributed by atoms with Crippen LogP contribution in [0.4, 0.5) is 10.5 Å². The van der Waals surface area contributed by atoms with Crippen LogP contribution in [0.3, 0.4) is 0 Å². The molecule has 3 aromatic rings. The molecule has 1 heterocycles. The normalized spacial score (nSPS) is 10.5. The third-order valence-electron chi connectivity index (χ3n) is 4.46. The Balaban J connectivity index is 1.81. The van der Waals surface area contributed by atoms with Gasteiger partial charge in [0, 0.05) is 25.2 Å². The average Bonchev–Trinajstić information content (AvgIpc) is 3.04. The van der Waals surface area contributed by atoms with Crippen molar-refractivity contribution in [3.63, 3.8) is 0 Å². The van der Waals surface area contributed by atoms with Gasteiger partial charge in [-0.1, -0.05) is 42.5 Å². The monoisotopic (exact) mass is 391 g/mol. The van der Waals surface area contributed by atoms with Gasteiger partial charge >= 0.3 is 6.03 Å². The molecule has 3 rings (SSSR count). The maximum Gasteiger partial charge on any atom is 0.319 e. The van der Waals surface area contributed by atoms with Gasteiger partial charge in [0.2, 0.25) is 5.91 Å². The third-order valence-corrected chi connectivity index (χ3v) is 4.46. The van der Waals surface area contributed by atoms with Gasteiger partial charge in [-0.2, -0.15) is 0 Å². The van der Waals surface area contributed by atoms with Crippen molar-refractivity contribution >= 4 is 17.6 Å². The van der Waals surface area contributed by atoms with Gasteiger partial charge in [0.1, 0.15) is 0 Å². The Bertz CT molecular complexity index is 982. The molecule has 0 bridgehead atoms. The number of anilines is 1. The molecule has 3 amide bonds. The van der Waals surface area contributed by atoms with Crippen LogP contribution in [0.1, 0.15) is 29.4 Å². The van der Waals surface area contributed by atoms with Crippen LogP contribution in [-0.2, 0) is 24.2 Å². The largest absolute Gasteiger partial charge is 0.369 e. The molecule has 0 aliphatic heterocycles. The number of nitrogens with one attached hydrogen (secondary N) is 2. The minimum atomic E-state index is -0.396. The van der Waals surface area contributed by atoms with Crippen molar-refractivity contribution in [1.29, 1.82) is 0 Å². The summed E-state index contributed by atoms with van der Waals surface area (Å²) in [6, 6.07) is 17.3. The molecular formula is C22H25N5O2. The highest BCUT2D eigenvalue weighted by Crippen LogP contribution is 2.17. The van der Waals surface area contributed by atoms with E-state index in [1.807, 2.05) is 66.1 Å². The van der Waals surface area contributed by atoms with E-state index in [4.69, 9.17) is 5.73 Å². The van der Waals surface area contributed by atoms with Crippen molar-refractivity contribution in [3.8, 4) is 0 Å². The van der Waals surface area contributed by atoms with Crippen molar-refractivity contribution in [1.82, 2.24) is 14.9 Å². The van der Waals surface area contributed by atoms with Crippen LogP contribution in [0, 0.1) is 0 Å². The van der Waals surface area contributed by atoms with Gasteiger partial charge in [-0.3, -0.25) is 4.79 Å². The molecule has 29 heavy (non-hydrogen) atoms. The number of carbonyl (C=O) groups excluding carboxylic acids is 2. The zero-order valence-corrected chi connectivity index (χ0v) is 16.4. The molecule has 0 unspecified atom stereocenters. The highest BCUT2D eigenvalue weighted by molar-refractivity contribution is 5.89. The van der Waals surface area contributed by atoms with Gasteiger partial charge in [-0.05, 0) is 30.2 Å². The highest BCUT2D eigenvalue weighted by Gasteiger charge is 2.14. The summed E-state index contributed by atoms with van der Waals surface area (Å²) in [4.78, 5) is 27.9. The van der Waals surface area contributed by atoms with Crippen LogP contribution < -0.4 is 16.4 Å². The number of benzene rings is 2. The number of hydrogen-bond donors (Lipinski definition) is 3. The number of hydrogen-bond acceptors (Lipinski definition) is 3. The number of urea groups is 1. The summed E-state index contributed by atoms with van der Waals surface area (Å²) in [7, 11) is 0. The molecule has 4 N–H and O–H groups in total. The summed E-state index contributed by atoms with van der Waals surface area (Å²) in [6.45, 7) is 2.94. The molecule has 0 atom stereocenters. The zero-order chi connectivity index (χ0) is 20.6. The fourth-order valence-electron chi connectivity index (χ4n) is 3.17. The van der Waals surface area contributed by atoms with Crippen molar-refractivity contribution < 1.29 is 9.59 Å². The molecule has 2 aromatic carbocycles. The van der Waals surface area contributed by atoms with E-state index in [0.29, 0.717) is 25.2 Å². The Hall–Kier alpha value is -3.61. The maximum absolute atomic E-state index is 11.7. The van der Waals surface area contributed by atoms with Crippen molar-refractivity contribution in [3.05, 3.63) is 83.4 Å². The van der Waals surface area contributed by atoms with Gasteiger partial charge in [0.05, 0.1) is 24.1 Å². The lowest BCUT2D eigenvalue weighted by Crippen LogP contribution is -2.28. The summed E-state index contributed by atoms with van der Waals surface area (Å²) in [5.41, 5.74) is 9.93. The minimum Gasteiger partial charge on any atom is -0.369 e. The Kier molecular flexibility index (Phi) is 6.63. The molecular weight excluding hydrogens is 366 g/mol. The first-order chi connectivity index (χ1) is 14.0. The topological polar surface area (TPSA) is 102 Å². The Labute approximate surface area is 170 Å². The fraction of sp³-hybridized carbons (Fsp3) is 0.227. The molecule has 150 valence electrons. The lowest BCUT2D eigenvalue weighted by molar-refractivity contribution is -0.117. The first kappa shape index (κ1) is 20.1. The molecule has 0 saturated carbocycles. The number of nitrogens with two attached hydrogens (primary N) is 1. The SMILES string of the molecule is CCNC(=O)Nc1cccc(Cn2cnc(Cc3ccccc3)c2CC(N)=O)c1. The third kappa shape index (κ3) is 5.68. The number of rotatable bonds is 8. The summed E-state index contributed by atoms with van der Waals surface area (Å²) in [5.74, 6) is -0.396. The summed E-state index contributed by atoms with van der Waals surface area (Å²) in [5, 5.41) is 5.51. The van der Waals surface area contributed by atoms with Crippen LogP contribution in [0.2, 0.25) is 0 Å². The van der Waals surface area contributed by atoms with E-state index < -0.39 is 5.91 Å². The van der Waals surface area contributed by atoms with E-state index >= 15 is 0 Å². The van der Waals surface area contributed by atoms with Crippen LogP contribution in [0.25, 0.3) is 0 Å². The molecule has 0 radical (unpaired) electrons. The number of aromatic nitrogens is 2. The molecule has 1 aromatic heterocycles. The van der Waals surface area contributed by atoms with Crippen LogP contribution >= 0.6 is 0 Å².